The van der Waals surface area contributed by atoms with E-state index in [4.69, 9.17) is 4.74 Å². The van der Waals surface area contributed by atoms with Crippen LogP contribution in [0.1, 0.15) is 24.8 Å². The summed E-state index contributed by atoms with van der Waals surface area (Å²) in [6, 6.07) is 4.99. The molecule has 1 saturated heterocycles. The van der Waals surface area contributed by atoms with E-state index in [0.717, 1.165) is 44.7 Å². The Morgan fingerprint density at radius 2 is 2.00 bits per heavy atom. The lowest BCUT2D eigenvalue weighted by atomic mass is 9.70. The second kappa shape index (κ2) is 3.74. The van der Waals surface area contributed by atoms with Crippen molar-refractivity contribution in [2.75, 3.05) is 19.7 Å². The summed E-state index contributed by atoms with van der Waals surface area (Å²) in [5, 5.41) is 3.38. The Balaban J connectivity index is 2.04. The number of hydrogen-bond donors (Lipinski definition) is 1. The van der Waals surface area contributed by atoms with Crippen molar-refractivity contribution >= 4 is 0 Å². The number of piperidine rings is 1. The number of hydrogen-bond acceptors (Lipinski definition) is 2. The number of halogens is 1. The maximum atomic E-state index is 13.2. The SMILES string of the molecule is Fc1ccc2c(c1)OCCC21CCNCC1. The topological polar surface area (TPSA) is 21.3 Å². The van der Waals surface area contributed by atoms with Crippen LogP contribution in [-0.4, -0.2) is 19.7 Å². The van der Waals surface area contributed by atoms with Gasteiger partial charge in [-0.3, -0.25) is 0 Å². The first-order valence-corrected chi connectivity index (χ1v) is 5.94. The minimum absolute atomic E-state index is 0.204. The van der Waals surface area contributed by atoms with Gasteiger partial charge in [-0.05, 0) is 38.4 Å². The lowest BCUT2D eigenvalue weighted by molar-refractivity contribution is 0.179. The molecule has 0 bridgehead atoms. The Morgan fingerprint density at radius 1 is 1.19 bits per heavy atom. The van der Waals surface area contributed by atoms with Crippen LogP contribution in [0.4, 0.5) is 4.39 Å². The van der Waals surface area contributed by atoms with Crippen LogP contribution in [0.15, 0.2) is 18.2 Å². The van der Waals surface area contributed by atoms with Crippen LogP contribution in [0.5, 0.6) is 5.75 Å². The minimum Gasteiger partial charge on any atom is -0.493 e. The van der Waals surface area contributed by atoms with E-state index < -0.39 is 0 Å². The molecule has 2 nitrogen and oxygen atoms in total. The van der Waals surface area contributed by atoms with Crippen molar-refractivity contribution in [3.05, 3.63) is 29.6 Å². The molecule has 1 aromatic carbocycles. The van der Waals surface area contributed by atoms with Crippen molar-refractivity contribution < 1.29 is 9.13 Å². The molecule has 0 aromatic heterocycles. The summed E-state index contributed by atoms with van der Waals surface area (Å²) in [6.45, 7) is 2.82. The van der Waals surface area contributed by atoms with E-state index in [-0.39, 0.29) is 11.2 Å². The maximum absolute atomic E-state index is 13.2. The van der Waals surface area contributed by atoms with Gasteiger partial charge in [-0.15, -0.1) is 0 Å². The van der Waals surface area contributed by atoms with Gasteiger partial charge in [-0.2, -0.15) is 0 Å². The van der Waals surface area contributed by atoms with Crippen LogP contribution < -0.4 is 10.1 Å². The zero-order chi connectivity index (χ0) is 11.0. The van der Waals surface area contributed by atoms with E-state index in [2.05, 4.69) is 5.32 Å². The second-order valence-electron chi connectivity index (χ2n) is 4.77. The fourth-order valence-electron chi connectivity index (χ4n) is 2.97. The van der Waals surface area contributed by atoms with Crippen molar-refractivity contribution in [2.24, 2.45) is 0 Å². The monoisotopic (exact) mass is 221 g/mol. The molecule has 1 aromatic rings. The van der Waals surface area contributed by atoms with Crippen molar-refractivity contribution in [3.63, 3.8) is 0 Å². The highest BCUT2D eigenvalue weighted by Crippen LogP contribution is 2.44. The van der Waals surface area contributed by atoms with Crippen LogP contribution in [0.3, 0.4) is 0 Å². The van der Waals surface area contributed by atoms with E-state index in [1.807, 2.05) is 6.07 Å². The molecule has 2 aliphatic heterocycles. The summed E-state index contributed by atoms with van der Waals surface area (Å²) in [5.41, 5.74) is 1.44. The lowest BCUT2D eigenvalue weighted by Gasteiger charge is -2.42. The summed E-state index contributed by atoms with van der Waals surface area (Å²) in [4.78, 5) is 0. The molecule has 16 heavy (non-hydrogen) atoms. The third-order valence-electron chi connectivity index (χ3n) is 3.91. The number of rotatable bonds is 0. The van der Waals surface area contributed by atoms with Crippen LogP contribution >= 0.6 is 0 Å². The van der Waals surface area contributed by atoms with E-state index in [1.165, 1.54) is 11.6 Å². The average molecular weight is 221 g/mol. The van der Waals surface area contributed by atoms with Crippen molar-refractivity contribution in [2.45, 2.75) is 24.7 Å². The van der Waals surface area contributed by atoms with Gasteiger partial charge >= 0.3 is 0 Å². The van der Waals surface area contributed by atoms with Gasteiger partial charge in [0.1, 0.15) is 11.6 Å². The molecule has 2 aliphatic rings. The van der Waals surface area contributed by atoms with E-state index in [9.17, 15) is 4.39 Å². The van der Waals surface area contributed by atoms with Gasteiger partial charge in [0.2, 0.25) is 0 Å². The van der Waals surface area contributed by atoms with Crippen LogP contribution in [0.25, 0.3) is 0 Å². The summed E-state index contributed by atoms with van der Waals surface area (Å²) in [5.74, 6) is 0.554. The smallest absolute Gasteiger partial charge is 0.126 e. The number of fused-ring (bicyclic) bond motifs is 2. The van der Waals surface area contributed by atoms with Gasteiger partial charge < -0.3 is 10.1 Å². The second-order valence-corrected chi connectivity index (χ2v) is 4.77. The summed E-state index contributed by atoms with van der Waals surface area (Å²) < 4.78 is 18.7. The number of nitrogens with one attached hydrogen (secondary N) is 1. The van der Waals surface area contributed by atoms with Crippen molar-refractivity contribution in [1.29, 1.82) is 0 Å². The third kappa shape index (κ3) is 1.50. The molecular formula is C13H16FNO. The van der Waals surface area contributed by atoms with E-state index in [1.54, 1.807) is 6.07 Å². The minimum atomic E-state index is -0.204. The maximum Gasteiger partial charge on any atom is 0.126 e. The molecule has 86 valence electrons. The summed E-state index contributed by atoms with van der Waals surface area (Å²) >= 11 is 0. The zero-order valence-electron chi connectivity index (χ0n) is 9.26. The number of benzene rings is 1. The Hall–Kier alpha value is -1.09. The van der Waals surface area contributed by atoms with Gasteiger partial charge in [0.05, 0.1) is 6.61 Å². The van der Waals surface area contributed by atoms with Crippen LogP contribution in [0, 0.1) is 5.82 Å². The van der Waals surface area contributed by atoms with Crippen LogP contribution in [-0.2, 0) is 5.41 Å². The largest absolute Gasteiger partial charge is 0.493 e. The molecule has 1 spiro atoms. The molecule has 3 heteroatoms. The van der Waals surface area contributed by atoms with Crippen LogP contribution in [0.2, 0.25) is 0 Å². The van der Waals surface area contributed by atoms with Gasteiger partial charge in [0, 0.05) is 17.0 Å². The standard InChI is InChI=1S/C13H16FNO/c14-10-1-2-11-12(9-10)16-8-5-13(11)3-6-15-7-4-13/h1-2,9,15H,3-8H2. The molecule has 1 N–H and O–H groups in total. The van der Waals surface area contributed by atoms with E-state index in [0.29, 0.717) is 0 Å². The molecule has 0 unspecified atom stereocenters. The van der Waals surface area contributed by atoms with Crippen molar-refractivity contribution in [1.82, 2.24) is 5.32 Å². The highest BCUT2D eigenvalue weighted by molar-refractivity contribution is 5.42. The number of ether oxygens (including phenoxy) is 1. The molecule has 0 aliphatic carbocycles. The zero-order valence-corrected chi connectivity index (χ0v) is 9.26. The average Bonchev–Trinajstić information content (AvgIpc) is 2.30. The third-order valence-corrected chi connectivity index (χ3v) is 3.91. The Morgan fingerprint density at radius 3 is 2.81 bits per heavy atom. The van der Waals surface area contributed by atoms with Gasteiger partial charge in [0.25, 0.3) is 0 Å². The summed E-state index contributed by atoms with van der Waals surface area (Å²) in [7, 11) is 0. The normalized spacial score (nSPS) is 22.6. The van der Waals surface area contributed by atoms with Gasteiger partial charge in [0.15, 0.2) is 0 Å². The highest BCUT2D eigenvalue weighted by atomic mass is 19.1. The predicted molar refractivity (Wildman–Crippen MR) is 60.3 cm³/mol. The fraction of sp³-hybridized carbons (Fsp3) is 0.538. The fourth-order valence-corrected chi connectivity index (χ4v) is 2.97. The first-order chi connectivity index (χ1) is 7.80. The first-order valence-electron chi connectivity index (χ1n) is 5.94. The lowest BCUT2D eigenvalue weighted by Crippen LogP contribution is -2.42. The Labute approximate surface area is 94.8 Å². The molecule has 0 radical (unpaired) electrons. The quantitative estimate of drug-likeness (QED) is 0.725. The van der Waals surface area contributed by atoms with Gasteiger partial charge in [-0.25, -0.2) is 4.39 Å². The predicted octanol–water partition coefficient (Wildman–Crippen LogP) is 2.23. The molecular weight excluding hydrogens is 205 g/mol. The van der Waals surface area contributed by atoms with Crippen molar-refractivity contribution in [3.8, 4) is 5.75 Å². The van der Waals surface area contributed by atoms with Gasteiger partial charge in [-0.1, -0.05) is 6.07 Å². The molecule has 0 saturated carbocycles. The molecule has 1 fully saturated rings. The summed E-state index contributed by atoms with van der Waals surface area (Å²) in [6.07, 6.45) is 3.33. The molecule has 2 heterocycles. The molecule has 0 amide bonds. The highest BCUT2D eigenvalue weighted by Gasteiger charge is 2.38. The van der Waals surface area contributed by atoms with E-state index >= 15 is 0 Å². The Kier molecular flexibility index (Phi) is 2.36. The first kappa shape index (κ1) is 10.1. The molecule has 0 atom stereocenters. The molecule has 3 rings (SSSR count). The Bertz CT molecular complexity index is 399.